The molecule has 0 atom stereocenters. The molecule has 32 heavy (non-hydrogen) atoms. The lowest BCUT2D eigenvalue weighted by Crippen LogP contribution is -2.17. The van der Waals surface area contributed by atoms with Crippen LogP contribution in [0, 0.1) is 0 Å². The van der Waals surface area contributed by atoms with E-state index in [0.717, 1.165) is 33.4 Å². The number of anilines is 1. The molecule has 2 aromatic heterocycles. The molecule has 8 nitrogen and oxygen atoms in total. The van der Waals surface area contributed by atoms with Gasteiger partial charge in [0.25, 0.3) is 0 Å². The zero-order chi connectivity index (χ0) is 22.7. The van der Waals surface area contributed by atoms with E-state index in [4.69, 9.17) is 20.6 Å². The van der Waals surface area contributed by atoms with Crippen LogP contribution in [-0.2, 0) is 27.9 Å². The van der Waals surface area contributed by atoms with Crippen molar-refractivity contribution in [3.63, 3.8) is 0 Å². The molecule has 0 unspecified atom stereocenters. The Kier molecular flexibility index (Phi) is 6.40. The van der Waals surface area contributed by atoms with Crippen LogP contribution in [0.1, 0.15) is 25.6 Å². The predicted octanol–water partition coefficient (Wildman–Crippen LogP) is 3.44. The minimum atomic E-state index is -3.48. The zero-order valence-corrected chi connectivity index (χ0v) is 18.8. The highest BCUT2D eigenvalue weighted by Crippen LogP contribution is 2.32. The highest BCUT2D eigenvalue weighted by Gasteiger charge is 2.18. The van der Waals surface area contributed by atoms with E-state index in [1.54, 1.807) is 0 Å². The molecule has 4 aromatic rings. The second-order valence-corrected chi connectivity index (χ2v) is 9.42. The van der Waals surface area contributed by atoms with Crippen molar-refractivity contribution >= 4 is 37.8 Å². The number of hydrogen-bond donors (Lipinski definition) is 2. The number of unbranched alkanes of at least 4 members (excludes halogenated alkanes) is 1. The van der Waals surface area contributed by atoms with E-state index in [1.807, 2.05) is 37.3 Å². The van der Waals surface area contributed by atoms with E-state index >= 15 is 0 Å². The molecule has 0 aliphatic rings. The maximum atomic E-state index is 11.3. The standard InChI is InChI=1S/C23H27N5O3S/c1-2-31-15-20-27-21-22(28(20)12-6-7-13-32(25,29)30)18-11-10-17(14-19(18)26-23(21)24)16-8-4-3-5-9-16/h3-5,8-11,14H,2,6-7,12-13,15H2,1H3,(H2,24,26)(H2,25,29,30). The average Bonchev–Trinajstić information content (AvgIpc) is 3.14. The van der Waals surface area contributed by atoms with Gasteiger partial charge in [0.2, 0.25) is 10.0 Å². The Morgan fingerprint density at radius 1 is 1.03 bits per heavy atom. The number of pyridine rings is 1. The number of fused-ring (bicyclic) bond motifs is 3. The average molecular weight is 454 g/mol. The van der Waals surface area contributed by atoms with Gasteiger partial charge in [-0.15, -0.1) is 0 Å². The lowest BCUT2D eigenvalue weighted by Gasteiger charge is -2.11. The first-order valence-electron chi connectivity index (χ1n) is 10.6. The molecule has 4 rings (SSSR count). The number of rotatable bonds is 9. The summed E-state index contributed by atoms with van der Waals surface area (Å²) in [5.74, 6) is 1.05. The van der Waals surface area contributed by atoms with Crippen molar-refractivity contribution in [1.82, 2.24) is 14.5 Å². The van der Waals surface area contributed by atoms with Crippen LogP contribution in [0.4, 0.5) is 5.82 Å². The van der Waals surface area contributed by atoms with Gasteiger partial charge in [-0.25, -0.2) is 23.5 Å². The number of nitrogen functional groups attached to an aromatic ring is 1. The third kappa shape index (κ3) is 4.74. The van der Waals surface area contributed by atoms with E-state index < -0.39 is 10.0 Å². The van der Waals surface area contributed by atoms with Crippen LogP contribution in [0.3, 0.4) is 0 Å². The Morgan fingerprint density at radius 3 is 2.53 bits per heavy atom. The molecule has 0 aliphatic heterocycles. The van der Waals surface area contributed by atoms with Gasteiger partial charge in [0.05, 0.1) is 16.8 Å². The van der Waals surface area contributed by atoms with Gasteiger partial charge in [0, 0.05) is 18.5 Å². The molecule has 0 saturated carbocycles. The fourth-order valence-corrected chi connectivity index (χ4v) is 4.49. The highest BCUT2D eigenvalue weighted by atomic mass is 32.2. The second kappa shape index (κ2) is 9.23. The van der Waals surface area contributed by atoms with Gasteiger partial charge >= 0.3 is 0 Å². The smallest absolute Gasteiger partial charge is 0.209 e. The molecule has 9 heteroatoms. The molecule has 2 heterocycles. The molecule has 0 spiro atoms. The summed E-state index contributed by atoms with van der Waals surface area (Å²) >= 11 is 0. The van der Waals surface area contributed by atoms with Gasteiger partial charge < -0.3 is 15.0 Å². The summed E-state index contributed by atoms with van der Waals surface area (Å²) in [6.45, 7) is 3.40. The molecule has 0 bridgehead atoms. The number of sulfonamides is 1. The lowest BCUT2D eigenvalue weighted by atomic mass is 10.0. The molecule has 0 radical (unpaired) electrons. The first-order chi connectivity index (χ1) is 15.4. The quantitative estimate of drug-likeness (QED) is 0.374. The molecule has 2 aromatic carbocycles. The van der Waals surface area contributed by atoms with Crippen LogP contribution < -0.4 is 10.9 Å². The van der Waals surface area contributed by atoms with Crippen LogP contribution in [-0.4, -0.2) is 35.3 Å². The zero-order valence-electron chi connectivity index (χ0n) is 18.0. The Balaban J connectivity index is 1.80. The van der Waals surface area contributed by atoms with E-state index in [2.05, 4.69) is 27.8 Å². The fraction of sp³-hybridized carbons (Fsp3) is 0.304. The predicted molar refractivity (Wildman–Crippen MR) is 127 cm³/mol. The molecule has 168 valence electrons. The minimum Gasteiger partial charge on any atom is -0.382 e. The van der Waals surface area contributed by atoms with Crippen LogP contribution in [0.25, 0.3) is 33.1 Å². The summed E-state index contributed by atoms with van der Waals surface area (Å²) in [6.07, 6.45) is 1.09. The largest absolute Gasteiger partial charge is 0.382 e. The maximum absolute atomic E-state index is 11.3. The number of imidazole rings is 1. The number of ether oxygens (including phenoxy) is 1. The Hall–Kier alpha value is -3.01. The third-order valence-corrected chi connectivity index (χ3v) is 6.24. The number of aromatic nitrogens is 3. The first kappa shape index (κ1) is 22.2. The van der Waals surface area contributed by atoms with Crippen molar-refractivity contribution in [2.24, 2.45) is 5.14 Å². The van der Waals surface area contributed by atoms with Gasteiger partial charge in [-0.3, -0.25) is 0 Å². The van der Waals surface area contributed by atoms with E-state index in [1.165, 1.54) is 0 Å². The number of aryl methyl sites for hydroxylation is 1. The lowest BCUT2D eigenvalue weighted by molar-refractivity contribution is 0.126. The molecule has 4 N–H and O–H groups in total. The first-order valence-corrected chi connectivity index (χ1v) is 12.3. The van der Waals surface area contributed by atoms with Crippen molar-refractivity contribution in [2.45, 2.75) is 32.9 Å². The van der Waals surface area contributed by atoms with Crippen LogP contribution >= 0.6 is 0 Å². The van der Waals surface area contributed by atoms with E-state index in [0.29, 0.717) is 43.9 Å². The number of hydrogen-bond acceptors (Lipinski definition) is 6. The molecule has 0 aliphatic carbocycles. The normalized spacial score (nSPS) is 12.1. The Labute approximate surface area is 187 Å². The van der Waals surface area contributed by atoms with E-state index in [-0.39, 0.29) is 5.75 Å². The van der Waals surface area contributed by atoms with Gasteiger partial charge in [-0.05, 0) is 37.0 Å². The van der Waals surface area contributed by atoms with Crippen molar-refractivity contribution < 1.29 is 13.2 Å². The SMILES string of the molecule is CCOCc1nc2c(N)nc3cc(-c4ccccc4)ccc3c2n1CCCCS(N)(=O)=O. The van der Waals surface area contributed by atoms with E-state index in [9.17, 15) is 8.42 Å². The summed E-state index contributed by atoms with van der Waals surface area (Å²) < 4.78 is 30.3. The monoisotopic (exact) mass is 453 g/mol. The van der Waals surface area contributed by atoms with Crippen molar-refractivity contribution in [3.05, 3.63) is 54.4 Å². The number of nitrogens with zero attached hydrogens (tertiary/aromatic N) is 3. The minimum absolute atomic E-state index is 0.0503. The highest BCUT2D eigenvalue weighted by molar-refractivity contribution is 7.89. The van der Waals surface area contributed by atoms with Crippen molar-refractivity contribution in [1.29, 1.82) is 0 Å². The van der Waals surface area contributed by atoms with Crippen LogP contribution in [0.2, 0.25) is 0 Å². The molecule has 0 fully saturated rings. The third-order valence-electron chi connectivity index (χ3n) is 5.39. The van der Waals surface area contributed by atoms with Gasteiger partial charge in [-0.1, -0.05) is 42.5 Å². The van der Waals surface area contributed by atoms with Crippen LogP contribution in [0.15, 0.2) is 48.5 Å². The summed E-state index contributed by atoms with van der Waals surface area (Å²) in [4.78, 5) is 9.33. The summed E-state index contributed by atoms with van der Waals surface area (Å²) in [7, 11) is -3.48. The summed E-state index contributed by atoms with van der Waals surface area (Å²) in [5, 5.41) is 6.09. The van der Waals surface area contributed by atoms with Crippen molar-refractivity contribution in [3.8, 4) is 11.1 Å². The maximum Gasteiger partial charge on any atom is 0.209 e. The van der Waals surface area contributed by atoms with Crippen LogP contribution in [0.5, 0.6) is 0 Å². The number of nitrogens with two attached hydrogens (primary N) is 2. The number of primary sulfonamides is 1. The fourth-order valence-electron chi connectivity index (χ4n) is 3.89. The molecular formula is C23H27N5O3S. The molecule has 0 saturated heterocycles. The molecule has 0 amide bonds. The van der Waals surface area contributed by atoms with Crippen molar-refractivity contribution in [2.75, 3.05) is 18.1 Å². The summed E-state index contributed by atoms with van der Waals surface area (Å²) in [6, 6.07) is 16.2. The van der Waals surface area contributed by atoms with Gasteiger partial charge in [0.1, 0.15) is 17.9 Å². The van der Waals surface area contributed by atoms with Gasteiger partial charge in [0.15, 0.2) is 5.82 Å². The Bertz CT molecular complexity index is 1350. The van der Waals surface area contributed by atoms with Gasteiger partial charge in [-0.2, -0.15) is 0 Å². The topological polar surface area (TPSA) is 126 Å². The summed E-state index contributed by atoms with van der Waals surface area (Å²) in [5.41, 5.74) is 10.8. The second-order valence-electron chi connectivity index (χ2n) is 7.68. The molecular weight excluding hydrogens is 426 g/mol. The number of benzene rings is 2. The Morgan fingerprint density at radius 2 is 1.81 bits per heavy atom.